The molecule has 0 aliphatic rings. The Balaban J connectivity index is 2.19. The smallest absolute Gasteiger partial charge is 0.0685 e. The van der Waals surface area contributed by atoms with Gasteiger partial charge in [-0.3, -0.25) is 0 Å². The quantitative estimate of drug-likeness (QED) is 0.498. The first kappa shape index (κ1) is 21.7. The summed E-state index contributed by atoms with van der Waals surface area (Å²) in [5.41, 5.74) is 5.59. The summed E-state index contributed by atoms with van der Waals surface area (Å²) in [5, 5.41) is 18.7. The highest BCUT2D eigenvalue weighted by Crippen LogP contribution is 2.17. The molecule has 0 spiro atoms. The number of hydrogen-bond donors (Lipinski definition) is 2. The van der Waals surface area contributed by atoms with Crippen LogP contribution in [0.15, 0.2) is 60.7 Å². The van der Waals surface area contributed by atoms with Gasteiger partial charge < -0.3 is 10.2 Å². The lowest BCUT2D eigenvalue weighted by atomic mass is 10.0. The molecule has 2 rings (SSSR count). The highest BCUT2D eigenvalue weighted by atomic mass is 16.3. The summed E-state index contributed by atoms with van der Waals surface area (Å²) in [6.07, 6.45) is 8.93. The third-order valence-electron chi connectivity index (χ3n) is 4.99. The fourth-order valence-electron chi connectivity index (χ4n) is 3.01. The molecule has 0 amide bonds. The average Bonchev–Trinajstić information content (AvgIpc) is 2.75. The molecule has 0 atom stereocenters. The first-order valence-electron chi connectivity index (χ1n) is 9.92. The van der Waals surface area contributed by atoms with Crippen molar-refractivity contribution in [1.82, 2.24) is 0 Å². The van der Waals surface area contributed by atoms with Crippen molar-refractivity contribution in [3.05, 3.63) is 88.5 Å². The SMILES string of the molecule is CCC(/C=C/C=C(\C)c1cccc(C#Cc2ccc(CO)c(CO)c2)c1)CC. The Labute approximate surface area is 169 Å². The monoisotopic (exact) mass is 374 g/mol. The molecule has 0 radical (unpaired) electrons. The van der Waals surface area contributed by atoms with Crippen molar-refractivity contribution >= 4 is 5.57 Å². The molecule has 146 valence electrons. The minimum atomic E-state index is -0.102. The first-order valence-corrected chi connectivity index (χ1v) is 9.92. The largest absolute Gasteiger partial charge is 0.392 e. The fraction of sp³-hybridized carbons (Fsp3) is 0.308. The molecule has 28 heavy (non-hydrogen) atoms. The topological polar surface area (TPSA) is 40.5 Å². The van der Waals surface area contributed by atoms with E-state index in [4.69, 9.17) is 0 Å². The molecule has 0 fully saturated rings. The van der Waals surface area contributed by atoms with Crippen LogP contribution in [0.4, 0.5) is 0 Å². The molecular formula is C26H30O2. The van der Waals surface area contributed by atoms with E-state index in [1.807, 2.05) is 30.3 Å². The van der Waals surface area contributed by atoms with Crippen LogP contribution in [0, 0.1) is 17.8 Å². The molecule has 0 heterocycles. The minimum Gasteiger partial charge on any atom is -0.392 e. The van der Waals surface area contributed by atoms with Crippen LogP contribution in [-0.2, 0) is 13.2 Å². The normalized spacial score (nSPS) is 11.7. The van der Waals surface area contributed by atoms with E-state index in [0.717, 1.165) is 22.3 Å². The van der Waals surface area contributed by atoms with E-state index >= 15 is 0 Å². The van der Waals surface area contributed by atoms with E-state index in [-0.39, 0.29) is 13.2 Å². The highest BCUT2D eigenvalue weighted by molar-refractivity contribution is 5.66. The molecule has 0 aromatic heterocycles. The number of benzene rings is 2. The highest BCUT2D eigenvalue weighted by Gasteiger charge is 2.01. The Hall–Kier alpha value is -2.60. The van der Waals surface area contributed by atoms with Gasteiger partial charge in [0, 0.05) is 11.1 Å². The third kappa shape index (κ3) is 6.23. The van der Waals surface area contributed by atoms with Gasteiger partial charge in [-0.25, -0.2) is 0 Å². The zero-order chi connectivity index (χ0) is 20.4. The van der Waals surface area contributed by atoms with E-state index in [9.17, 15) is 10.2 Å². The second-order valence-electron chi connectivity index (χ2n) is 6.94. The maximum atomic E-state index is 9.42. The molecule has 2 heteroatoms. The number of aliphatic hydroxyl groups excluding tert-OH is 2. The second-order valence-corrected chi connectivity index (χ2v) is 6.94. The standard InChI is InChI=1S/C26H30O2/c1-4-21(5-2)9-6-8-20(3)24-11-7-10-22(16-24)12-13-23-14-15-25(18-27)26(17-23)19-28/h6-11,14-17,21,27-28H,4-5,18-19H2,1-3H3/b9-6+,20-8+. The Morgan fingerprint density at radius 1 is 0.929 bits per heavy atom. The summed E-state index contributed by atoms with van der Waals surface area (Å²) < 4.78 is 0. The van der Waals surface area contributed by atoms with Crippen molar-refractivity contribution in [3.63, 3.8) is 0 Å². The van der Waals surface area contributed by atoms with Crippen molar-refractivity contribution in [2.75, 3.05) is 0 Å². The number of aliphatic hydroxyl groups is 2. The first-order chi connectivity index (χ1) is 13.6. The summed E-state index contributed by atoms with van der Waals surface area (Å²) >= 11 is 0. The molecule has 0 saturated carbocycles. The molecular weight excluding hydrogens is 344 g/mol. The van der Waals surface area contributed by atoms with E-state index in [1.54, 1.807) is 0 Å². The maximum Gasteiger partial charge on any atom is 0.0685 e. The Morgan fingerprint density at radius 3 is 2.25 bits per heavy atom. The summed E-state index contributed by atoms with van der Waals surface area (Å²) in [4.78, 5) is 0. The Bertz CT molecular complexity index is 890. The maximum absolute atomic E-state index is 9.42. The lowest BCUT2D eigenvalue weighted by molar-refractivity contribution is 0.260. The van der Waals surface area contributed by atoms with E-state index in [2.05, 4.69) is 63.0 Å². The van der Waals surface area contributed by atoms with Gasteiger partial charge in [0.2, 0.25) is 0 Å². The van der Waals surface area contributed by atoms with Crippen LogP contribution in [0.2, 0.25) is 0 Å². The molecule has 0 bridgehead atoms. The third-order valence-corrected chi connectivity index (χ3v) is 4.99. The van der Waals surface area contributed by atoms with Gasteiger partial charge in [-0.15, -0.1) is 0 Å². The van der Waals surface area contributed by atoms with Crippen LogP contribution in [-0.4, -0.2) is 10.2 Å². The number of allylic oxidation sites excluding steroid dienone is 4. The molecule has 2 nitrogen and oxygen atoms in total. The van der Waals surface area contributed by atoms with Gasteiger partial charge in [0.25, 0.3) is 0 Å². The summed E-state index contributed by atoms with van der Waals surface area (Å²) in [7, 11) is 0. The fourth-order valence-corrected chi connectivity index (χ4v) is 3.01. The van der Waals surface area contributed by atoms with Crippen LogP contribution in [0.1, 0.15) is 61.4 Å². The van der Waals surface area contributed by atoms with Gasteiger partial charge in [-0.2, -0.15) is 0 Å². The van der Waals surface area contributed by atoms with Crippen LogP contribution < -0.4 is 0 Å². The van der Waals surface area contributed by atoms with E-state index < -0.39 is 0 Å². The summed E-state index contributed by atoms with van der Waals surface area (Å²) in [5.74, 6) is 6.99. The average molecular weight is 375 g/mol. The van der Waals surface area contributed by atoms with Gasteiger partial charge in [0.1, 0.15) is 0 Å². The number of hydrogen-bond acceptors (Lipinski definition) is 2. The minimum absolute atomic E-state index is 0.0804. The van der Waals surface area contributed by atoms with Crippen molar-refractivity contribution in [1.29, 1.82) is 0 Å². The van der Waals surface area contributed by atoms with E-state index in [0.29, 0.717) is 11.5 Å². The van der Waals surface area contributed by atoms with Crippen LogP contribution >= 0.6 is 0 Å². The van der Waals surface area contributed by atoms with Crippen LogP contribution in [0.5, 0.6) is 0 Å². The molecule has 2 aromatic carbocycles. The van der Waals surface area contributed by atoms with Gasteiger partial charge in [-0.1, -0.05) is 62.1 Å². The van der Waals surface area contributed by atoms with Gasteiger partial charge in [0.05, 0.1) is 13.2 Å². The van der Waals surface area contributed by atoms with Crippen LogP contribution in [0.3, 0.4) is 0 Å². The zero-order valence-electron chi connectivity index (χ0n) is 17.1. The van der Waals surface area contributed by atoms with Crippen molar-refractivity contribution < 1.29 is 10.2 Å². The molecule has 0 aliphatic heterocycles. The predicted octanol–water partition coefficient (Wildman–Crippen LogP) is 5.47. The Kier molecular flexibility index (Phi) is 8.75. The lowest BCUT2D eigenvalue weighted by Crippen LogP contribution is -1.94. The molecule has 0 saturated heterocycles. The van der Waals surface area contributed by atoms with E-state index in [1.165, 1.54) is 18.4 Å². The molecule has 0 unspecified atom stereocenters. The van der Waals surface area contributed by atoms with Gasteiger partial charge >= 0.3 is 0 Å². The van der Waals surface area contributed by atoms with Crippen LogP contribution in [0.25, 0.3) is 5.57 Å². The zero-order valence-corrected chi connectivity index (χ0v) is 17.1. The second kappa shape index (κ2) is 11.3. The lowest BCUT2D eigenvalue weighted by Gasteiger charge is -2.05. The van der Waals surface area contributed by atoms with Gasteiger partial charge in [-0.05, 0) is 72.2 Å². The summed E-state index contributed by atoms with van der Waals surface area (Å²) in [6.45, 7) is 6.37. The molecule has 2 aromatic rings. The van der Waals surface area contributed by atoms with Crippen molar-refractivity contribution in [2.24, 2.45) is 5.92 Å². The van der Waals surface area contributed by atoms with Crippen molar-refractivity contribution in [2.45, 2.75) is 46.8 Å². The summed E-state index contributed by atoms with van der Waals surface area (Å²) in [6, 6.07) is 13.7. The molecule has 2 N–H and O–H groups in total. The molecule has 0 aliphatic carbocycles. The van der Waals surface area contributed by atoms with Crippen molar-refractivity contribution in [3.8, 4) is 11.8 Å². The Morgan fingerprint density at radius 2 is 1.61 bits per heavy atom. The van der Waals surface area contributed by atoms with Gasteiger partial charge in [0.15, 0.2) is 0 Å². The predicted molar refractivity (Wildman–Crippen MR) is 118 cm³/mol. The number of rotatable bonds is 7.